The van der Waals surface area contributed by atoms with Gasteiger partial charge in [-0.15, -0.1) is 24.0 Å². The first-order valence-electron chi connectivity index (χ1n) is 9.34. The van der Waals surface area contributed by atoms with Crippen LogP contribution in [0, 0.1) is 6.92 Å². The number of nitrogens with zero attached hydrogens (tertiary/aromatic N) is 4. The highest BCUT2D eigenvalue weighted by atomic mass is 127. The van der Waals surface area contributed by atoms with Crippen molar-refractivity contribution < 1.29 is 4.74 Å². The molecule has 0 saturated heterocycles. The second-order valence-electron chi connectivity index (χ2n) is 6.24. The van der Waals surface area contributed by atoms with Crippen molar-refractivity contribution in [2.75, 3.05) is 20.2 Å². The molecule has 29 heavy (non-hydrogen) atoms. The fraction of sp³-hybridized carbons (Fsp3) is 0.286. The van der Waals surface area contributed by atoms with Crippen molar-refractivity contribution in [3.63, 3.8) is 0 Å². The van der Waals surface area contributed by atoms with E-state index in [1.807, 2.05) is 60.3 Å². The Bertz CT molecular complexity index is 880. The fourth-order valence-corrected chi connectivity index (χ4v) is 2.68. The van der Waals surface area contributed by atoms with E-state index in [9.17, 15) is 0 Å². The Kier molecular flexibility index (Phi) is 9.42. The third-order valence-electron chi connectivity index (χ3n) is 4.19. The molecular formula is C21H27IN6O. The summed E-state index contributed by atoms with van der Waals surface area (Å²) in [6.45, 7) is 4.05. The Morgan fingerprint density at radius 2 is 1.93 bits per heavy atom. The molecule has 0 fully saturated rings. The molecule has 2 N–H and O–H groups in total. The van der Waals surface area contributed by atoms with Crippen LogP contribution in [0.5, 0.6) is 5.75 Å². The topological polar surface area (TPSA) is 76.4 Å². The van der Waals surface area contributed by atoms with Crippen molar-refractivity contribution in [1.82, 2.24) is 25.2 Å². The molecule has 0 aliphatic rings. The van der Waals surface area contributed by atoms with Crippen molar-refractivity contribution in [1.29, 1.82) is 0 Å². The summed E-state index contributed by atoms with van der Waals surface area (Å²) in [7, 11) is 1.76. The lowest BCUT2D eigenvalue weighted by molar-refractivity contribution is 0.311. The summed E-state index contributed by atoms with van der Waals surface area (Å²) in [4.78, 5) is 13.0. The molecule has 8 heteroatoms. The molecule has 0 saturated carbocycles. The molecule has 0 atom stereocenters. The second kappa shape index (κ2) is 12.1. The predicted molar refractivity (Wildman–Crippen MR) is 126 cm³/mol. The number of rotatable bonds is 8. The summed E-state index contributed by atoms with van der Waals surface area (Å²) >= 11 is 0. The first kappa shape index (κ1) is 22.7. The minimum Gasteiger partial charge on any atom is -0.494 e. The van der Waals surface area contributed by atoms with E-state index in [0.717, 1.165) is 41.9 Å². The normalized spacial score (nSPS) is 10.9. The average molecular weight is 506 g/mol. The van der Waals surface area contributed by atoms with Crippen LogP contribution >= 0.6 is 24.0 Å². The van der Waals surface area contributed by atoms with E-state index in [4.69, 9.17) is 4.74 Å². The first-order chi connectivity index (χ1) is 13.8. The number of nitrogens with one attached hydrogen (secondary N) is 2. The van der Waals surface area contributed by atoms with Crippen molar-refractivity contribution in [2.45, 2.75) is 19.9 Å². The molecule has 1 aromatic carbocycles. The maximum absolute atomic E-state index is 5.69. The quantitative estimate of drug-likeness (QED) is 0.212. The molecule has 0 spiro atoms. The lowest BCUT2D eigenvalue weighted by Gasteiger charge is -2.12. The molecule has 0 amide bonds. The number of aliphatic imine (C=N–C) groups is 1. The molecule has 154 valence electrons. The Balaban J connectivity index is 0.00000300. The van der Waals surface area contributed by atoms with Gasteiger partial charge in [-0.1, -0.05) is 24.3 Å². The molecule has 0 bridgehead atoms. The van der Waals surface area contributed by atoms with E-state index >= 15 is 0 Å². The highest BCUT2D eigenvalue weighted by molar-refractivity contribution is 14.0. The van der Waals surface area contributed by atoms with Crippen molar-refractivity contribution in [3.8, 4) is 11.6 Å². The number of guanidine groups is 1. The van der Waals surface area contributed by atoms with Crippen molar-refractivity contribution in [2.24, 2.45) is 4.99 Å². The van der Waals surface area contributed by atoms with Crippen LogP contribution in [0.25, 0.3) is 5.82 Å². The third kappa shape index (κ3) is 7.04. The number of para-hydroxylation sites is 1. The standard InChI is InChI=1S/C21H26N6O.HI/c1-17-23-12-13-27(17)20-10-9-18(15-25-20)16-26-21(22-2)24-11-6-14-28-19-7-4-3-5-8-19;/h3-5,7-10,12-13,15H,6,11,14,16H2,1-2H3,(H2,22,24,26);1H. The number of imidazole rings is 1. The number of benzene rings is 1. The zero-order valence-electron chi connectivity index (χ0n) is 16.7. The van der Waals surface area contributed by atoms with Crippen LogP contribution in [0.4, 0.5) is 0 Å². The number of ether oxygens (including phenoxy) is 1. The Morgan fingerprint density at radius 3 is 2.59 bits per heavy atom. The van der Waals surface area contributed by atoms with E-state index < -0.39 is 0 Å². The first-order valence-corrected chi connectivity index (χ1v) is 9.34. The van der Waals surface area contributed by atoms with E-state index in [0.29, 0.717) is 13.2 Å². The molecule has 0 radical (unpaired) electrons. The van der Waals surface area contributed by atoms with Gasteiger partial charge in [-0.3, -0.25) is 9.56 Å². The molecule has 7 nitrogen and oxygen atoms in total. The molecule has 2 heterocycles. The molecule has 3 rings (SSSR count). The number of aromatic nitrogens is 3. The van der Waals surface area contributed by atoms with Crippen LogP contribution in [-0.2, 0) is 6.54 Å². The van der Waals surface area contributed by atoms with Crippen LogP contribution in [0.15, 0.2) is 66.0 Å². The SMILES string of the molecule is CN=C(NCCCOc1ccccc1)NCc1ccc(-n2ccnc2C)nc1.I. The van der Waals surface area contributed by atoms with Gasteiger partial charge in [0.1, 0.15) is 17.4 Å². The monoisotopic (exact) mass is 506 g/mol. The average Bonchev–Trinajstić information content (AvgIpc) is 3.17. The van der Waals surface area contributed by atoms with Gasteiger partial charge in [-0.25, -0.2) is 9.97 Å². The molecule has 0 aliphatic carbocycles. The van der Waals surface area contributed by atoms with Gasteiger partial charge in [0.2, 0.25) is 0 Å². The Hall–Kier alpha value is -2.62. The molecular weight excluding hydrogens is 479 g/mol. The number of aryl methyl sites for hydroxylation is 1. The Morgan fingerprint density at radius 1 is 1.10 bits per heavy atom. The van der Waals surface area contributed by atoms with Crippen LogP contribution in [0.2, 0.25) is 0 Å². The summed E-state index contributed by atoms with van der Waals surface area (Å²) in [5.41, 5.74) is 1.08. The zero-order valence-corrected chi connectivity index (χ0v) is 19.0. The third-order valence-corrected chi connectivity index (χ3v) is 4.19. The van der Waals surface area contributed by atoms with E-state index in [2.05, 4.69) is 31.7 Å². The van der Waals surface area contributed by atoms with Gasteiger partial charge in [-0.2, -0.15) is 0 Å². The molecule has 0 unspecified atom stereocenters. The van der Waals surface area contributed by atoms with Gasteiger partial charge in [0.05, 0.1) is 6.61 Å². The highest BCUT2D eigenvalue weighted by Crippen LogP contribution is 2.09. The van der Waals surface area contributed by atoms with E-state index in [1.165, 1.54) is 0 Å². The number of halogens is 1. The van der Waals surface area contributed by atoms with Gasteiger partial charge >= 0.3 is 0 Å². The number of pyridine rings is 1. The predicted octanol–water partition coefficient (Wildman–Crippen LogP) is 3.33. The zero-order chi connectivity index (χ0) is 19.6. The largest absolute Gasteiger partial charge is 0.494 e. The van der Waals surface area contributed by atoms with E-state index in [1.54, 1.807) is 13.2 Å². The van der Waals surface area contributed by atoms with Crippen LogP contribution in [0.3, 0.4) is 0 Å². The maximum atomic E-state index is 5.69. The molecule has 0 aliphatic heterocycles. The van der Waals surface area contributed by atoms with Gasteiger partial charge < -0.3 is 15.4 Å². The Labute approximate surface area is 188 Å². The molecule has 3 aromatic rings. The summed E-state index contributed by atoms with van der Waals surface area (Å²) in [6.07, 6.45) is 6.43. The van der Waals surface area contributed by atoms with E-state index in [-0.39, 0.29) is 24.0 Å². The van der Waals surface area contributed by atoms with Gasteiger partial charge in [-0.05, 0) is 37.1 Å². The maximum Gasteiger partial charge on any atom is 0.191 e. The number of hydrogen-bond donors (Lipinski definition) is 2. The minimum absolute atomic E-state index is 0. The lowest BCUT2D eigenvalue weighted by atomic mass is 10.3. The summed E-state index contributed by atoms with van der Waals surface area (Å²) in [6, 6.07) is 13.9. The summed E-state index contributed by atoms with van der Waals surface area (Å²) < 4.78 is 7.64. The van der Waals surface area contributed by atoms with Gasteiger partial charge in [0.15, 0.2) is 5.96 Å². The lowest BCUT2D eigenvalue weighted by Crippen LogP contribution is -2.37. The fourth-order valence-electron chi connectivity index (χ4n) is 2.68. The second-order valence-corrected chi connectivity index (χ2v) is 6.24. The molecule has 2 aromatic heterocycles. The van der Waals surface area contributed by atoms with Gasteiger partial charge in [0, 0.05) is 38.7 Å². The smallest absolute Gasteiger partial charge is 0.191 e. The number of hydrogen-bond acceptors (Lipinski definition) is 4. The van der Waals surface area contributed by atoms with Crippen LogP contribution in [0.1, 0.15) is 17.8 Å². The van der Waals surface area contributed by atoms with Crippen LogP contribution < -0.4 is 15.4 Å². The minimum atomic E-state index is 0. The van der Waals surface area contributed by atoms with Crippen LogP contribution in [-0.4, -0.2) is 40.7 Å². The summed E-state index contributed by atoms with van der Waals surface area (Å²) in [5, 5.41) is 6.59. The van der Waals surface area contributed by atoms with Crippen molar-refractivity contribution in [3.05, 3.63) is 72.4 Å². The van der Waals surface area contributed by atoms with Crippen molar-refractivity contribution >= 4 is 29.9 Å². The highest BCUT2D eigenvalue weighted by Gasteiger charge is 2.03. The van der Waals surface area contributed by atoms with Gasteiger partial charge in [0.25, 0.3) is 0 Å². The summed E-state index contributed by atoms with van der Waals surface area (Å²) in [5.74, 6) is 3.43.